The standard InChI is InChI=1S/C28H31F5N4O7/c1-10(2)8-15-28(43)44-12(4)22(37-27(42)23-16(38)6-5-7-34-23)26(41)35-14(24(39)11(3)25(40)36-15)9-13-17(29)19(31)21(33)20(32)18(13)30/h5-7,10-12,14-15,22,24,38-39H,8-9H2,1-4H3,(H,35,41)(H,36,40)(H,37,42)/t11-,12-,14+,15?,22+,24+/m1/s1. The molecule has 0 spiro atoms. The number of aromatic hydroxyl groups is 1. The van der Waals surface area contributed by atoms with E-state index in [9.17, 15) is 51.3 Å². The maximum Gasteiger partial charge on any atom is 0.328 e. The van der Waals surface area contributed by atoms with Crippen LogP contribution in [0.2, 0.25) is 0 Å². The van der Waals surface area contributed by atoms with Crippen molar-refractivity contribution >= 4 is 23.7 Å². The normalized spacial score (nSPS) is 24.9. The maximum absolute atomic E-state index is 14.6. The topological polar surface area (TPSA) is 167 Å². The second kappa shape index (κ2) is 14.0. The molecule has 0 aliphatic carbocycles. The smallest absolute Gasteiger partial charge is 0.328 e. The quantitative estimate of drug-likeness (QED) is 0.139. The number of carbonyl (C=O) groups excluding carboxylic acids is 4. The SMILES string of the molecule is CC(C)CC1NC(=O)[C@H](C)[C@H](O)[C@H](Cc2c(F)c(F)c(F)c(F)c2F)NC(=O)[C@@H](NC(=O)c2ncccc2O)[C@@H](C)OC1=O. The van der Waals surface area contributed by atoms with Crippen molar-refractivity contribution in [3.63, 3.8) is 0 Å². The van der Waals surface area contributed by atoms with E-state index in [0.29, 0.717) is 0 Å². The van der Waals surface area contributed by atoms with Gasteiger partial charge in [-0.2, -0.15) is 0 Å². The molecule has 6 atom stereocenters. The third-order valence-corrected chi connectivity index (χ3v) is 7.04. The second-order valence-corrected chi connectivity index (χ2v) is 10.8. The van der Waals surface area contributed by atoms with Crippen LogP contribution in [0.15, 0.2) is 18.3 Å². The zero-order valence-corrected chi connectivity index (χ0v) is 24.0. The number of aromatic nitrogens is 1. The van der Waals surface area contributed by atoms with E-state index in [2.05, 4.69) is 20.9 Å². The number of hydrogen-bond acceptors (Lipinski definition) is 8. The molecule has 5 N–H and O–H groups in total. The van der Waals surface area contributed by atoms with Crippen LogP contribution in [0.5, 0.6) is 5.75 Å². The second-order valence-electron chi connectivity index (χ2n) is 10.8. The number of aliphatic hydroxyl groups is 1. The van der Waals surface area contributed by atoms with Crippen molar-refractivity contribution < 1.29 is 56.1 Å². The van der Waals surface area contributed by atoms with Crippen molar-refractivity contribution in [2.75, 3.05) is 0 Å². The Balaban J connectivity index is 2.10. The summed E-state index contributed by atoms with van der Waals surface area (Å²) in [5.41, 5.74) is -1.91. The molecule has 0 bridgehead atoms. The molecule has 0 radical (unpaired) electrons. The molecule has 3 amide bonds. The number of hydrogen-bond donors (Lipinski definition) is 5. The van der Waals surface area contributed by atoms with E-state index in [1.807, 2.05) is 0 Å². The lowest BCUT2D eigenvalue weighted by Gasteiger charge is -2.33. The fourth-order valence-electron chi connectivity index (χ4n) is 4.58. The lowest BCUT2D eigenvalue weighted by Crippen LogP contribution is -2.60. The fraction of sp³-hybridized carbons (Fsp3) is 0.464. The van der Waals surface area contributed by atoms with Crippen molar-refractivity contribution in [1.29, 1.82) is 0 Å². The van der Waals surface area contributed by atoms with E-state index in [0.717, 1.165) is 19.2 Å². The molecule has 11 nitrogen and oxygen atoms in total. The van der Waals surface area contributed by atoms with E-state index < -0.39 is 112 Å². The lowest BCUT2D eigenvalue weighted by atomic mass is 9.90. The minimum Gasteiger partial charge on any atom is -0.505 e. The maximum atomic E-state index is 14.6. The first-order valence-electron chi connectivity index (χ1n) is 13.5. The van der Waals surface area contributed by atoms with Gasteiger partial charge in [0.25, 0.3) is 5.91 Å². The Morgan fingerprint density at radius 3 is 2.16 bits per heavy atom. The molecule has 1 unspecified atom stereocenters. The molecule has 16 heteroatoms. The summed E-state index contributed by atoms with van der Waals surface area (Å²) in [5.74, 6) is -18.0. The number of amides is 3. The van der Waals surface area contributed by atoms with Gasteiger partial charge in [-0.15, -0.1) is 0 Å². The van der Waals surface area contributed by atoms with Crippen molar-refractivity contribution in [2.24, 2.45) is 11.8 Å². The molecule has 44 heavy (non-hydrogen) atoms. The van der Waals surface area contributed by atoms with Crippen LogP contribution in [-0.4, -0.2) is 69.2 Å². The Morgan fingerprint density at radius 2 is 1.59 bits per heavy atom. The van der Waals surface area contributed by atoms with E-state index in [4.69, 9.17) is 4.74 Å². The summed E-state index contributed by atoms with van der Waals surface area (Å²) >= 11 is 0. The van der Waals surface area contributed by atoms with Crippen molar-refractivity contribution in [3.8, 4) is 5.75 Å². The predicted octanol–water partition coefficient (Wildman–Crippen LogP) is 1.78. The molecule has 1 aliphatic rings. The van der Waals surface area contributed by atoms with Gasteiger partial charge < -0.3 is 30.9 Å². The third kappa shape index (κ3) is 7.41. The summed E-state index contributed by atoms with van der Waals surface area (Å²) in [6.45, 7) is 5.80. The van der Waals surface area contributed by atoms with Gasteiger partial charge in [0, 0.05) is 18.2 Å². The van der Waals surface area contributed by atoms with Gasteiger partial charge in [0.15, 0.2) is 29.0 Å². The number of nitrogens with zero attached hydrogens (tertiary/aromatic N) is 1. The van der Waals surface area contributed by atoms with Crippen molar-refractivity contribution in [2.45, 2.75) is 70.9 Å². The molecule has 240 valence electrons. The molecule has 1 aliphatic heterocycles. The monoisotopic (exact) mass is 630 g/mol. The highest BCUT2D eigenvalue weighted by Gasteiger charge is 2.40. The highest BCUT2D eigenvalue weighted by atomic mass is 19.2. The summed E-state index contributed by atoms with van der Waals surface area (Å²) in [4.78, 5) is 56.3. The van der Waals surface area contributed by atoms with Gasteiger partial charge in [0.05, 0.1) is 18.1 Å². The fourth-order valence-corrected chi connectivity index (χ4v) is 4.58. The molecule has 1 aromatic heterocycles. The predicted molar refractivity (Wildman–Crippen MR) is 141 cm³/mol. The minimum absolute atomic E-state index is 0.0408. The van der Waals surface area contributed by atoms with Gasteiger partial charge in [-0.05, 0) is 31.4 Å². The molecule has 1 aromatic carbocycles. The van der Waals surface area contributed by atoms with Crippen LogP contribution in [0.3, 0.4) is 0 Å². The summed E-state index contributed by atoms with van der Waals surface area (Å²) in [6.07, 6.45) is -3.51. The number of cyclic esters (lactones) is 1. The van der Waals surface area contributed by atoms with Gasteiger partial charge in [0.1, 0.15) is 23.9 Å². The van der Waals surface area contributed by atoms with Gasteiger partial charge >= 0.3 is 5.97 Å². The van der Waals surface area contributed by atoms with Crippen LogP contribution in [0, 0.1) is 40.9 Å². The van der Waals surface area contributed by atoms with Crippen LogP contribution < -0.4 is 16.0 Å². The van der Waals surface area contributed by atoms with Crippen LogP contribution >= 0.6 is 0 Å². The number of pyridine rings is 1. The van der Waals surface area contributed by atoms with Gasteiger partial charge in [-0.1, -0.05) is 20.8 Å². The summed E-state index contributed by atoms with van der Waals surface area (Å²) < 4.78 is 76.2. The number of nitrogens with one attached hydrogen (secondary N) is 3. The first-order valence-corrected chi connectivity index (χ1v) is 13.5. The minimum atomic E-state index is -2.42. The van der Waals surface area contributed by atoms with Crippen LogP contribution in [0.1, 0.15) is 50.2 Å². The van der Waals surface area contributed by atoms with E-state index >= 15 is 0 Å². The van der Waals surface area contributed by atoms with Crippen molar-refractivity contribution in [1.82, 2.24) is 20.9 Å². The Bertz CT molecular complexity index is 1410. The Hall–Kier alpha value is -4.34. The van der Waals surface area contributed by atoms with Gasteiger partial charge in [0.2, 0.25) is 17.6 Å². The number of benzene rings is 1. The molecular weight excluding hydrogens is 599 g/mol. The number of ether oxygens (including phenoxy) is 1. The summed E-state index contributed by atoms with van der Waals surface area (Å²) in [7, 11) is 0. The Kier molecular flexibility index (Phi) is 10.8. The molecular formula is C28H31F5N4O7. The summed E-state index contributed by atoms with van der Waals surface area (Å²) in [6, 6.07) is -2.56. The van der Waals surface area contributed by atoms with E-state index in [1.165, 1.54) is 13.0 Å². The number of carbonyl (C=O) groups is 4. The molecule has 1 fully saturated rings. The van der Waals surface area contributed by atoms with E-state index in [-0.39, 0.29) is 12.3 Å². The van der Waals surface area contributed by atoms with Gasteiger partial charge in [-0.3, -0.25) is 14.4 Å². The molecule has 0 saturated carbocycles. The van der Waals surface area contributed by atoms with E-state index in [1.54, 1.807) is 13.8 Å². The van der Waals surface area contributed by atoms with Crippen molar-refractivity contribution in [3.05, 3.63) is 58.7 Å². The highest BCUT2D eigenvalue weighted by Crippen LogP contribution is 2.26. The number of rotatable bonds is 6. The third-order valence-electron chi connectivity index (χ3n) is 7.04. The molecule has 1 saturated heterocycles. The average molecular weight is 631 g/mol. The number of halogens is 5. The number of aliphatic hydroxyl groups excluding tert-OH is 1. The lowest BCUT2D eigenvalue weighted by molar-refractivity contribution is -0.156. The molecule has 3 rings (SSSR count). The first-order chi connectivity index (χ1) is 20.5. The zero-order valence-electron chi connectivity index (χ0n) is 24.0. The highest BCUT2D eigenvalue weighted by molar-refractivity contribution is 5.98. The van der Waals surface area contributed by atoms with Crippen LogP contribution in [0.4, 0.5) is 22.0 Å². The average Bonchev–Trinajstić information content (AvgIpc) is 2.97. The Labute approximate surface area is 248 Å². The first kappa shape index (κ1) is 34.2. The summed E-state index contributed by atoms with van der Waals surface area (Å²) in [5, 5.41) is 27.9. The molecule has 2 aromatic rings. The zero-order chi connectivity index (χ0) is 33.0. The molecule has 2 heterocycles. The largest absolute Gasteiger partial charge is 0.505 e. The van der Waals surface area contributed by atoms with Gasteiger partial charge in [-0.25, -0.2) is 31.7 Å². The van der Waals surface area contributed by atoms with Crippen LogP contribution in [-0.2, 0) is 25.5 Å². The van der Waals surface area contributed by atoms with Crippen LogP contribution in [0.25, 0.3) is 0 Å². The Morgan fingerprint density at radius 1 is 1.00 bits per heavy atom. The number of esters is 1.